The molecule has 0 aliphatic rings. The van der Waals surface area contributed by atoms with Crippen molar-refractivity contribution in [3.63, 3.8) is 0 Å². The van der Waals surface area contributed by atoms with Crippen LogP contribution in [0.5, 0.6) is 0 Å². The van der Waals surface area contributed by atoms with Crippen LogP contribution in [-0.2, 0) is 10.5 Å². The summed E-state index contributed by atoms with van der Waals surface area (Å²) < 4.78 is 0. The van der Waals surface area contributed by atoms with E-state index in [0.717, 1.165) is 11.3 Å². The minimum Gasteiger partial charge on any atom is -0.295 e. The molecule has 0 fully saturated rings. The van der Waals surface area contributed by atoms with Crippen molar-refractivity contribution < 1.29 is 4.79 Å². The second-order valence-corrected chi connectivity index (χ2v) is 5.85. The second-order valence-electron chi connectivity index (χ2n) is 3.93. The molecule has 0 atom stereocenters. The molecule has 2 N–H and O–H groups in total. The largest absolute Gasteiger partial charge is 0.295 e. The zero-order valence-corrected chi connectivity index (χ0v) is 12.7. The summed E-state index contributed by atoms with van der Waals surface area (Å²) in [6, 6.07) is 5.54. The Bertz CT molecular complexity index is 577. The first-order valence-electron chi connectivity index (χ1n) is 5.82. The number of nitrogens with one attached hydrogen (secondary N) is 2. The molecule has 0 unspecified atom stereocenters. The Hall–Kier alpha value is -1.24. The van der Waals surface area contributed by atoms with Crippen molar-refractivity contribution in [3.8, 4) is 0 Å². The molecule has 1 amide bonds. The SMILES string of the molecule is O=C(CCSCc1ccc(Cl)c(Cl)c1)Nc1ncn[nH]1. The average Bonchev–Trinajstić information content (AvgIpc) is 2.91. The molecule has 0 aliphatic carbocycles. The van der Waals surface area contributed by atoms with Crippen molar-refractivity contribution in [1.29, 1.82) is 0 Å². The van der Waals surface area contributed by atoms with Gasteiger partial charge in [-0.15, -0.1) is 0 Å². The monoisotopic (exact) mass is 330 g/mol. The predicted molar refractivity (Wildman–Crippen MR) is 82.3 cm³/mol. The molecule has 0 aliphatic heterocycles. The first kappa shape index (κ1) is 15.2. The van der Waals surface area contributed by atoms with Crippen molar-refractivity contribution in [2.45, 2.75) is 12.2 Å². The summed E-state index contributed by atoms with van der Waals surface area (Å²) >= 11 is 13.4. The summed E-state index contributed by atoms with van der Waals surface area (Å²) in [6.07, 6.45) is 1.75. The third-order valence-corrected chi connectivity index (χ3v) is 4.17. The van der Waals surface area contributed by atoms with Gasteiger partial charge in [-0.25, -0.2) is 5.10 Å². The second kappa shape index (κ2) is 7.52. The summed E-state index contributed by atoms with van der Waals surface area (Å²) in [5.41, 5.74) is 1.08. The van der Waals surface area contributed by atoms with E-state index in [-0.39, 0.29) is 5.91 Å². The van der Waals surface area contributed by atoms with Crippen molar-refractivity contribution >= 4 is 46.8 Å². The van der Waals surface area contributed by atoms with Crippen LogP contribution >= 0.6 is 35.0 Å². The van der Waals surface area contributed by atoms with Gasteiger partial charge in [0.1, 0.15) is 6.33 Å². The first-order chi connectivity index (χ1) is 9.65. The quantitative estimate of drug-likeness (QED) is 0.796. The maximum Gasteiger partial charge on any atom is 0.227 e. The molecule has 20 heavy (non-hydrogen) atoms. The fraction of sp³-hybridized carbons (Fsp3) is 0.250. The van der Waals surface area contributed by atoms with Gasteiger partial charge in [-0.3, -0.25) is 10.1 Å². The number of rotatable bonds is 6. The van der Waals surface area contributed by atoms with Crippen LogP contribution in [0.1, 0.15) is 12.0 Å². The van der Waals surface area contributed by atoms with Crippen molar-refractivity contribution in [1.82, 2.24) is 15.2 Å². The summed E-state index contributed by atoms with van der Waals surface area (Å²) in [5, 5.41) is 9.93. The number of nitrogens with zero attached hydrogens (tertiary/aromatic N) is 2. The normalized spacial score (nSPS) is 10.5. The number of hydrogen-bond acceptors (Lipinski definition) is 4. The summed E-state index contributed by atoms with van der Waals surface area (Å²) in [6.45, 7) is 0. The number of carbonyl (C=O) groups is 1. The van der Waals surface area contributed by atoms with E-state index in [1.54, 1.807) is 17.8 Å². The number of aromatic nitrogens is 3. The summed E-state index contributed by atoms with van der Waals surface area (Å²) in [7, 11) is 0. The van der Waals surface area contributed by atoms with Gasteiger partial charge in [0.2, 0.25) is 11.9 Å². The summed E-state index contributed by atoms with van der Waals surface area (Å²) in [4.78, 5) is 15.4. The van der Waals surface area contributed by atoms with Gasteiger partial charge >= 0.3 is 0 Å². The zero-order chi connectivity index (χ0) is 14.4. The van der Waals surface area contributed by atoms with E-state index in [2.05, 4.69) is 20.5 Å². The number of amides is 1. The maximum atomic E-state index is 11.6. The first-order valence-corrected chi connectivity index (χ1v) is 7.73. The van der Waals surface area contributed by atoms with Crippen LogP contribution in [0.2, 0.25) is 10.0 Å². The Morgan fingerprint density at radius 1 is 1.35 bits per heavy atom. The molecule has 1 aromatic carbocycles. The van der Waals surface area contributed by atoms with Crippen LogP contribution in [0.4, 0.5) is 5.95 Å². The van der Waals surface area contributed by atoms with Crippen LogP contribution in [0.15, 0.2) is 24.5 Å². The molecule has 0 saturated heterocycles. The Morgan fingerprint density at radius 2 is 2.20 bits per heavy atom. The maximum absolute atomic E-state index is 11.6. The average molecular weight is 331 g/mol. The molecular formula is C12H12Cl2N4OS. The highest BCUT2D eigenvalue weighted by Gasteiger charge is 2.05. The standard InChI is InChI=1S/C12H12Cl2N4OS/c13-9-2-1-8(5-10(9)14)6-20-4-3-11(19)17-12-15-7-16-18-12/h1-2,5,7H,3-4,6H2,(H2,15,16,17,18,19). The van der Waals surface area contributed by atoms with E-state index < -0.39 is 0 Å². The third kappa shape index (κ3) is 4.70. The van der Waals surface area contributed by atoms with Crippen molar-refractivity contribution in [3.05, 3.63) is 40.1 Å². The van der Waals surface area contributed by atoms with E-state index >= 15 is 0 Å². The lowest BCUT2D eigenvalue weighted by Gasteiger charge is -2.04. The van der Waals surface area contributed by atoms with Gasteiger partial charge in [0.25, 0.3) is 0 Å². The lowest BCUT2D eigenvalue weighted by molar-refractivity contribution is -0.115. The number of thioether (sulfide) groups is 1. The van der Waals surface area contributed by atoms with Gasteiger partial charge in [-0.1, -0.05) is 29.3 Å². The topological polar surface area (TPSA) is 70.7 Å². The highest BCUT2D eigenvalue weighted by atomic mass is 35.5. The molecule has 2 rings (SSSR count). The highest BCUT2D eigenvalue weighted by molar-refractivity contribution is 7.98. The van der Waals surface area contributed by atoms with E-state index in [1.807, 2.05) is 12.1 Å². The van der Waals surface area contributed by atoms with E-state index in [4.69, 9.17) is 23.2 Å². The predicted octanol–water partition coefficient (Wildman–Crippen LogP) is 3.37. The fourth-order valence-electron chi connectivity index (χ4n) is 1.44. The molecule has 106 valence electrons. The number of halogens is 2. The van der Waals surface area contributed by atoms with Crippen LogP contribution in [0.3, 0.4) is 0 Å². The van der Waals surface area contributed by atoms with Gasteiger partial charge in [0.15, 0.2) is 0 Å². The van der Waals surface area contributed by atoms with Gasteiger partial charge in [0, 0.05) is 17.9 Å². The molecule has 0 radical (unpaired) electrons. The van der Waals surface area contributed by atoms with Crippen LogP contribution in [-0.4, -0.2) is 26.8 Å². The third-order valence-electron chi connectivity index (χ3n) is 2.40. The minimum atomic E-state index is -0.0941. The fourth-order valence-corrected chi connectivity index (χ4v) is 2.65. The van der Waals surface area contributed by atoms with Crippen LogP contribution < -0.4 is 5.32 Å². The van der Waals surface area contributed by atoms with Gasteiger partial charge < -0.3 is 0 Å². The molecule has 0 bridgehead atoms. The zero-order valence-electron chi connectivity index (χ0n) is 10.4. The Balaban J connectivity index is 1.68. The number of aromatic amines is 1. The molecule has 5 nitrogen and oxygen atoms in total. The van der Waals surface area contributed by atoms with E-state index in [0.29, 0.717) is 28.2 Å². The van der Waals surface area contributed by atoms with E-state index in [1.165, 1.54) is 6.33 Å². The number of benzene rings is 1. The molecule has 0 spiro atoms. The molecule has 8 heteroatoms. The van der Waals surface area contributed by atoms with Gasteiger partial charge in [-0.05, 0) is 17.7 Å². The van der Waals surface area contributed by atoms with Gasteiger partial charge in [-0.2, -0.15) is 21.8 Å². The summed E-state index contributed by atoms with van der Waals surface area (Å²) in [5.74, 6) is 1.76. The number of hydrogen-bond donors (Lipinski definition) is 2. The number of H-pyrrole nitrogens is 1. The van der Waals surface area contributed by atoms with Crippen molar-refractivity contribution in [2.75, 3.05) is 11.1 Å². The van der Waals surface area contributed by atoms with Crippen LogP contribution in [0, 0.1) is 0 Å². The Labute approximate surface area is 130 Å². The molecule has 0 saturated carbocycles. The van der Waals surface area contributed by atoms with Gasteiger partial charge in [0.05, 0.1) is 10.0 Å². The lowest BCUT2D eigenvalue weighted by Crippen LogP contribution is -2.13. The smallest absolute Gasteiger partial charge is 0.227 e. The molecule has 1 aromatic heterocycles. The van der Waals surface area contributed by atoms with E-state index in [9.17, 15) is 4.79 Å². The molecule has 2 aromatic rings. The minimum absolute atomic E-state index is 0.0941. The van der Waals surface area contributed by atoms with Crippen molar-refractivity contribution in [2.24, 2.45) is 0 Å². The highest BCUT2D eigenvalue weighted by Crippen LogP contribution is 2.24. The number of anilines is 1. The molecular weight excluding hydrogens is 319 g/mol. The lowest BCUT2D eigenvalue weighted by atomic mass is 10.2. The number of carbonyl (C=O) groups excluding carboxylic acids is 1. The van der Waals surface area contributed by atoms with Crippen LogP contribution in [0.25, 0.3) is 0 Å². The Kier molecular flexibility index (Phi) is 5.70. The Morgan fingerprint density at radius 3 is 2.90 bits per heavy atom. The molecule has 1 heterocycles.